The van der Waals surface area contributed by atoms with E-state index in [1.807, 2.05) is 0 Å². The highest BCUT2D eigenvalue weighted by Crippen LogP contribution is 2.30. The molecule has 0 aliphatic heterocycles. The molecule has 0 amide bonds. The summed E-state index contributed by atoms with van der Waals surface area (Å²) in [6.07, 6.45) is -2.85. The van der Waals surface area contributed by atoms with Gasteiger partial charge in [-0.2, -0.15) is 13.2 Å². The van der Waals surface area contributed by atoms with E-state index in [1.54, 1.807) is 12.1 Å². The molecule has 2 nitrogen and oxygen atoms in total. The Morgan fingerprint density at radius 2 is 1.71 bits per heavy atom. The van der Waals surface area contributed by atoms with Gasteiger partial charge < -0.3 is 10.2 Å². The molecule has 0 spiro atoms. The van der Waals surface area contributed by atoms with Crippen LogP contribution in [0, 0.1) is 0 Å². The normalized spacial score (nSPS) is 13.6. The summed E-state index contributed by atoms with van der Waals surface area (Å²) < 4.78 is 42.1. The van der Waals surface area contributed by atoms with Crippen molar-refractivity contribution in [2.45, 2.75) is 12.2 Å². The predicted molar refractivity (Wildman–Crippen MR) is 56.2 cm³/mol. The number of hydrogen-bond donors (Lipinski definition) is 1. The number of hydrogen-bond acceptors (Lipinski definition) is 2. The molecule has 1 heterocycles. The standard InChI is InChI=1S/C12H10F3NO/c13-12(14,15)9-5-3-8(4-6-9)11(16)10-2-1-7-17-10/h1-7,11H,16H2. The van der Waals surface area contributed by atoms with Gasteiger partial charge in [0.05, 0.1) is 17.9 Å². The van der Waals surface area contributed by atoms with E-state index in [4.69, 9.17) is 10.2 Å². The van der Waals surface area contributed by atoms with Gasteiger partial charge in [-0.05, 0) is 29.8 Å². The number of nitrogens with two attached hydrogens (primary N) is 1. The Balaban J connectivity index is 2.24. The van der Waals surface area contributed by atoms with Gasteiger partial charge in [0.25, 0.3) is 0 Å². The van der Waals surface area contributed by atoms with Gasteiger partial charge in [-0.1, -0.05) is 12.1 Å². The Morgan fingerprint density at radius 1 is 1.06 bits per heavy atom. The molecule has 2 aromatic rings. The van der Waals surface area contributed by atoms with Crippen molar-refractivity contribution in [2.75, 3.05) is 0 Å². The van der Waals surface area contributed by atoms with Crippen LogP contribution in [-0.4, -0.2) is 0 Å². The van der Waals surface area contributed by atoms with Crippen molar-refractivity contribution in [1.82, 2.24) is 0 Å². The molecule has 5 heteroatoms. The lowest BCUT2D eigenvalue weighted by Crippen LogP contribution is -2.12. The number of benzene rings is 1. The van der Waals surface area contributed by atoms with Crippen molar-refractivity contribution >= 4 is 0 Å². The summed E-state index contributed by atoms with van der Waals surface area (Å²) in [7, 11) is 0. The largest absolute Gasteiger partial charge is 0.467 e. The molecule has 0 saturated heterocycles. The van der Waals surface area contributed by atoms with Gasteiger partial charge in [-0.25, -0.2) is 0 Å². The van der Waals surface area contributed by atoms with Crippen molar-refractivity contribution < 1.29 is 17.6 Å². The third-order valence-electron chi connectivity index (χ3n) is 2.45. The number of furan rings is 1. The lowest BCUT2D eigenvalue weighted by atomic mass is 10.0. The van der Waals surface area contributed by atoms with Crippen molar-refractivity contribution in [3.05, 3.63) is 59.5 Å². The Bertz CT molecular complexity index is 473. The molecule has 1 atom stereocenters. The summed E-state index contributed by atoms with van der Waals surface area (Å²) in [6, 6.07) is 7.55. The smallest absolute Gasteiger partial charge is 0.416 e. The van der Waals surface area contributed by atoms with E-state index in [0.717, 1.165) is 12.1 Å². The highest BCUT2D eigenvalue weighted by molar-refractivity contribution is 5.30. The Labute approximate surface area is 95.8 Å². The summed E-state index contributed by atoms with van der Waals surface area (Å²) >= 11 is 0. The molecule has 0 aliphatic rings. The van der Waals surface area contributed by atoms with Crippen LogP contribution in [0.3, 0.4) is 0 Å². The van der Waals surface area contributed by atoms with E-state index >= 15 is 0 Å². The second kappa shape index (κ2) is 4.25. The first-order valence-electron chi connectivity index (χ1n) is 4.94. The fraction of sp³-hybridized carbons (Fsp3) is 0.167. The van der Waals surface area contributed by atoms with Crippen LogP contribution in [0.25, 0.3) is 0 Å². The molecule has 1 aromatic heterocycles. The Kier molecular flexibility index (Phi) is 2.93. The summed E-state index contributed by atoms with van der Waals surface area (Å²) in [5.41, 5.74) is 5.73. The zero-order chi connectivity index (χ0) is 12.5. The average molecular weight is 241 g/mol. The SMILES string of the molecule is NC(c1ccc(C(F)(F)F)cc1)c1ccco1. The van der Waals surface area contributed by atoms with Crippen LogP contribution in [0.1, 0.15) is 22.9 Å². The van der Waals surface area contributed by atoms with E-state index in [1.165, 1.54) is 18.4 Å². The van der Waals surface area contributed by atoms with E-state index in [9.17, 15) is 13.2 Å². The first-order chi connectivity index (χ1) is 7.98. The maximum atomic E-state index is 12.3. The summed E-state index contributed by atoms with van der Waals surface area (Å²) in [5.74, 6) is 0.518. The van der Waals surface area contributed by atoms with Gasteiger partial charge in [0.15, 0.2) is 0 Å². The topological polar surface area (TPSA) is 39.2 Å². The fourth-order valence-corrected chi connectivity index (χ4v) is 1.51. The van der Waals surface area contributed by atoms with Crippen molar-refractivity contribution in [3.63, 3.8) is 0 Å². The minimum absolute atomic E-state index is 0.518. The third-order valence-corrected chi connectivity index (χ3v) is 2.45. The minimum atomic E-state index is -4.33. The summed E-state index contributed by atoms with van der Waals surface area (Å²) in [4.78, 5) is 0. The molecule has 1 unspecified atom stereocenters. The van der Waals surface area contributed by atoms with E-state index < -0.39 is 17.8 Å². The lowest BCUT2D eigenvalue weighted by Gasteiger charge is -2.11. The molecule has 0 aliphatic carbocycles. The maximum Gasteiger partial charge on any atom is 0.416 e. The maximum absolute atomic E-state index is 12.3. The van der Waals surface area contributed by atoms with Crippen LogP contribution in [0.15, 0.2) is 47.1 Å². The van der Waals surface area contributed by atoms with Gasteiger partial charge in [-0.3, -0.25) is 0 Å². The van der Waals surface area contributed by atoms with E-state index in [-0.39, 0.29) is 0 Å². The monoisotopic (exact) mass is 241 g/mol. The first kappa shape index (κ1) is 11.7. The van der Waals surface area contributed by atoms with Gasteiger partial charge in [0.2, 0.25) is 0 Å². The number of rotatable bonds is 2. The van der Waals surface area contributed by atoms with Crippen LogP contribution in [0.5, 0.6) is 0 Å². The van der Waals surface area contributed by atoms with Crippen molar-refractivity contribution in [2.24, 2.45) is 5.73 Å². The molecule has 0 radical (unpaired) electrons. The predicted octanol–water partition coefficient (Wildman–Crippen LogP) is 3.35. The van der Waals surface area contributed by atoms with Gasteiger partial charge >= 0.3 is 6.18 Å². The van der Waals surface area contributed by atoms with Crippen molar-refractivity contribution in [3.8, 4) is 0 Å². The summed E-state index contributed by atoms with van der Waals surface area (Å²) in [5, 5.41) is 0. The Hall–Kier alpha value is -1.75. The van der Waals surface area contributed by atoms with E-state index in [2.05, 4.69) is 0 Å². The third kappa shape index (κ3) is 2.50. The molecular weight excluding hydrogens is 231 g/mol. The van der Waals surface area contributed by atoms with E-state index in [0.29, 0.717) is 11.3 Å². The first-order valence-corrected chi connectivity index (χ1v) is 4.94. The quantitative estimate of drug-likeness (QED) is 0.875. The minimum Gasteiger partial charge on any atom is -0.467 e. The molecule has 0 bridgehead atoms. The van der Waals surface area contributed by atoms with Crippen LogP contribution in [0.4, 0.5) is 13.2 Å². The van der Waals surface area contributed by atoms with Crippen LogP contribution in [0.2, 0.25) is 0 Å². The second-order valence-corrected chi connectivity index (χ2v) is 3.61. The van der Waals surface area contributed by atoms with Gasteiger partial charge in [-0.15, -0.1) is 0 Å². The zero-order valence-corrected chi connectivity index (χ0v) is 8.74. The molecule has 2 N–H and O–H groups in total. The molecule has 0 saturated carbocycles. The molecule has 17 heavy (non-hydrogen) atoms. The highest BCUT2D eigenvalue weighted by Gasteiger charge is 2.30. The zero-order valence-electron chi connectivity index (χ0n) is 8.74. The molecule has 2 rings (SSSR count). The van der Waals surface area contributed by atoms with Crippen LogP contribution in [-0.2, 0) is 6.18 Å². The Morgan fingerprint density at radius 3 is 2.18 bits per heavy atom. The van der Waals surface area contributed by atoms with Gasteiger partial charge in [0, 0.05) is 0 Å². The van der Waals surface area contributed by atoms with Crippen molar-refractivity contribution in [1.29, 1.82) is 0 Å². The van der Waals surface area contributed by atoms with Crippen LogP contribution < -0.4 is 5.73 Å². The second-order valence-electron chi connectivity index (χ2n) is 3.61. The molecule has 90 valence electrons. The highest BCUT2D eigenvalue weighted by atomic mass is 19.4. The fourth-order valence-electron chi connectivity index (χ4n) is 1.51. The van der Waals surface area contributed by atoms with Crippen LogP contribution >= 0.6 is 0 Å². The molecule has 1 aromatic carbocycles. The average Bonchev–Trinajstić information content (AvgIpc) is 2.80. The lowest BCUT2D eigenvalue weighted by molar-refractivity contribution is -0.137. The number of halogens is 3. The summed E-state index contributed by atoms with van der Waals surface area (Å²) in [6.45, 7) is 0. The molecular formula is C12H10F3NO. The number of alkyl halides is 3. The molecule has 0 fully saturated rings. The van der Waals surface area contributed by atoms with Gasteiger partial charge in [0.1, 0.15) is 5.76 Å².